The molecule has 1 N–H and O–H groups in total. The van der Waals surface area contributed by atoms with Crippen molar-refractivity contribution < 1.29 is 14.0 Å². The Hall–Kier alpha value is -2.52. The van der Waals surface area contributed by atoms with Gasteiger partial charge >= 0.3 is 0 Å². The molecule has 0 aliphatic carbocycles. The number of ether oxygens (including phenoxy) is 2. The minimum atomic E-state index is 0.243. The van der Waals surface area contributed by atoms with Crippen LogP contribution in [0.1, 0.15) is 17.5 Å². The van der Waals surface area contributed by atoms with Gasteiger partial charge in [-0.2, -0.15) is 9.36 Å². The summed E-state index contributed by atoms with van der Waals surface area (Å²) in [5, 5.41) is 7.67. The Morgan fingerprint density at radius 1 is 1.21 bits per heavy atom. The Bertz CT molecular complexity index is 772. The molecule has 0 radical (unpaired) electrons. The molecule has 0 amide bonds. The van der Waals surface area contributed by atoms with E-state index in [1.807, 2.05) is 24.3 Å². The molecule has 0 bridgehead atoms. The number of benzene rings is 1. The van der Waals surface area contributed by atoms with Crippen LogP contribution in [0.2, 0.25) is 0 Å². The van der Waals surface area contributed by atoms with E-state index in [-0.39, 0.29) is 6.61 Å². The molecule has 0 aliphatic heterocycles. The number of hydrogen-bond acceptors (Lipinski definition) is 9. The number of methoxy groups -OCH3 is 1. The summed E-state index contributed by atoms with van der Waals surface area (Å²) >= 11 is 1.32. The zero-order valence-corrected chi connectivity index (χ0v) is 14.2. The van der Waals surface area contributed by atoms with Gasteiger partial charge in [0.1, 0.15) is 11.6 Å². The Balaban J connectivity index is 1.53. The van der Waals surface area contributed by atoms with Crippen LogP contribution in [0, 0.1) is 6.92 Å². The first-order valence-electron chi connectivity index (χ1n) is 7.33. The standard InChI is InChI=1S/C15H17N5O3S/c1-10-16-14(23-19-10)9-22-12-5-3-11(4-6-12)17-15-18-13(20-24-15)7-8-21-2/h3-6H,7-9H2,1-2H3,(H,17,18,20). The van der Waals surface area contributed by atoms with Gasteiger partial charge in [-0.25, -0.2) is 4.98 Å². The summed E-state index contributed by atoms with van der Waals surface area (Å²) in [6.45, 7) is 2.62. The van der Waals surface area contributed by atoms with E-state index in [9.17, 15) is 0 Å². The highest BCUT2D eigenvalue weighted by molar-refractivity contribution is 7.09. The first-order chi connectivity index (χ1) is 11.7. The van der Waals surface area contributed by atoms with Crippen LogP contribution in [-0.4, -0.2) is 33.2 Å². The molecule has 8 nitrogen and oxygen atoms in total. The zero-order valence-electron chi connectivity index (χ0n) is 13.4. The normalized spacial score (nSPS) is 10.8. The van der Waals surface area contributed by atoms with Gasteiger partial charge in [-0.15, -0.1) is 0 Å². The van der Waals surface area contributed by atoms with Gasteiger partial charge in [0.15, 0.2) is 12.4 Å². The summed E-state index contributed by atoms with van der Waals surface area (Å²) in [5.41, 5.74) is 0.908. The topological polar surface area (TPSA) is 95.2 Å². The highest BCUT2D eigenvalue weighted by atomic mass is 32.1. The van der Waals surface area contributed by atoms with Crippen LogP contribution in [0.4, 0.5) is 10.8 Å². The van der Waals surface area contributed by atoms with Crippen LogP contribution in [-0.2, 0) is 17.8 Å². The summed E-state index contributed by atoms with van der Waals surface area (Å²) in [5.74, 6) is 2.54. The number of hydrogen-bond donors (Lipinski definition) is 1. The lowest BCUT2D eigenvalue weighted by atomic mass is 10.3. The zero-order chi connectivity index (χ0) is 16.8. The molecule has 0 aliphatic rings. The minimum absolute atomic E-state index is 0.243. The first kappa shape index (κ1) is 16.3. The van der Waals surface area contributed by atoms with Gasteiger partial charge in [-0.3, -0.25) is 0 Å². The molecule has 0 atom stereocenters. The van der Waals surface area contributed by atoms with Crippen molar-refractivity contribution in [2.45, 2.75) is 20.0 Å². The molecular weight excluding hydrogens is 330 g/mol. The summed E-state index contributed by atoms with van der Waals surface area (Å²) in [7, 11) is 1.66. The Kier molecular flexibility index (Phi) is 5.34. The Morgan fingerprint density at radius 3 is 2.75 bits per heavy atom. The third kappa shape index (κ3) is 4.49. The highest BCUT2D eigenvalue weighted by Crippen LogP contribution is 2.22. The first-order valence-corrected chi connectivity index (χ1v) is 8.11. The molecule has 0 fully saturated rings. The van der Waals surface area contributed by atoms with Gasteiger partial charge in [0.05, 0.1) is 6.61 Å². The van der Waals surface area contributed by atoms with E-state index in [1.165, 1.54) is 11.5 Å². The van der Waals surface area contributed by atoms with E-state index in [0.717, 1.165) is 22.4 Å². The highest BCUT2D eigenvalue weighted by Gasteiger charge is 2.06. The SMILES string of the molecule is COCCc1nsc(Nc2ccc(OCc3nc(C)no3)cc2)n1. The average molecular weight is 347 g/mol. The van der Waals surface area contributed by atoms with Gasteiger partial charge in [0.25, 0.3) is 5.89 Å². The third-order valence-corrected chi connectivity index (χ3v) is 3.70. The second-order valence-corrected chi connectivity index (χ2v) is 5.68. The predicted molar refractivity (Wildman–Crippen MR) is 88.6 cm³/mol. The second-order valence-electron chi connectivity index (χ2n) is 4.93. The van der Waals surface area contributed by atoms with Crippen LogP contribution >= 0.6 is 11.5 Å². The van der Waals surface area contributed by atoms with Crippen molar-refractivity contribution in [2.24, 2.45) is 0 Å². The van der Waals surface area contributed by atoms with Crippen molar-refractivity contribution >= 4 is 22.4 Å². The van der Waals surface area contributed by atoms with Crippen LogP contribution in [0.5, 0.6) is 5.75 Å². The van der Waals surface area contributed by atoms with Crippen molar-refractivity contribution in [3.05, 3.63) is 41.8 Å². The van der Waals surface area contributed by atoms with Crippen molar-refractivity contribution in [1.82, 2.24) is 19.5 Å². The maximum Gasteiger partial charge on any atom is 0.264 e. The van der Waals surface area contributed by atoms with Crippen molar-refractivity contribution in [2.75, 3.05) is 19.0 Å². The van der Waals surface area contributed by atoms with E-state index in [0.29, 0.717) is 24.7 Å². The Morgan fingerprint density at radius 2 is 2.04 bits per heavy atom. The van der Waals surface area contributed by atoms with Gasteiger partial charge < -0.3 is 19.3 Å². The van der Waals surface area contributed by atoms with Gasteiger partial charge in [-0.1, -0.05) is 5.16 Å². The molecule has 0 saturated carbocycles. The van der Waals surface area contributed by atoms with Crippen molar-refractivity contribution in [3.63, 3.8) is 0 Å². The molecule has 24 heavy (non-hydrogen) atoms. The predicted octanol–water partition coefficient (Wildman–Crippen LogP) is 2.74. The van der Waals surface area contributed by atoms with Crippen molar-refractivity contribution in [1.29, 1.82) is 0 Å². The number of aryl methyl sites for hydroxylation is 1. The molecule has 0 saturated heterocycles. The van der Waals surface area contributed by atoms with Crippen LogP contribution in [0.15, 0.2) is 28.8 Å². The van der Waals surface area contributed by atoms with E-state index < -0.39 is 0 Å². The van der Waals surface area contributed by atoms with E-state index in [2.05, 4.69) is 24.8 Å². The van der Waals surface area contributed by atoms with Crippen LogP contribution in [0.3, 0.4) is 0 Å². The summed E-state index contributed by atoms with van der Waals surface area (Å²) < 4.78 is 19.9. The lowest BCUT2D eigenvalue weighted by Crippen LogP contribution is -1.97. The summed E-state index contributed by atoms with van der Waals surface area (Å²) in [4.78, 5) is 8.49. The number of anilines is 2. The summed E-state index contributed by atoms with van der Waals surface area (Å²) in [6, 6.07) is 7.53. The third-order valence-electron chi connectivity index (χ3n) is 3.04. The fraction of sp³-hybridized carbons (Fsp3) is 0.333. The minimum Gasteiger partial charge on any atom is -0.484 e. The second kappa shape index (κ2) is 7.84. The van der Waals surface area contributed by atoms with Crippen molar-refractivity contribution in [3.8, 4) is 5.75 Å². The van der Waals surface area contributed by atoms with E-state index in [4.69, 9.17) is 14.0 Å². The maximum atomic E-state index is 5.60. The molecule has 2 heterocycles. The molecule has 0 spiro atoms. The average Bonchev–Trinajstić information content (AvgIpc) is 3.21. The monoisotopic (exact) mass is 347 g/mol. The fourth-order valence-corrected chi connectivity index (χ4v) is 2.53. The number of nitrogens with zero attached hydrogens (tertiary/aromatic N) is 4. The van der Waals surface area contributed by atoms with E-state index in [1.54, 1.807) is 14.0 Å². The summed E-state index contributed by atoms with van der Waals surface area (Å²) in [6.07, 6.45) is 0.705. The van der Waals surface area contributed by atoms with Gasteiger partial charge in [0.2, 0.25) is 5.13 Å². The number of rotatable bonds is 8. The molecule has 3 aromatic rings. The maximum absolute atomic E-state index is 5.60. The number of aromatic nitrogens is 4. The fourth-order valence-electron chi connectivity index (χ4n) is 1.90. The van der Waals surface area contributed by atoms with Crippen LogP contribution < -0.4 is 10.1 Å². The van der Waals surface area contributed by atoms with E-state index >= 15 is 0 Å². The molecule has 2 aromatic heterocycles. The van der Waals surface area contributed by atoms with Crippen LogP contribution in [0.25, 0.3) is 0 Å². The molecule has 3 rings (SSSR count). The largest absolute Gasteiger partial charge is 0.484 e. The molecule has 126 valence electrons. The molecule has 0 unspecified atom stereocenters. The Labute approximate surface area is 143 Å². The van der Waals surface area contributed by atoms with Gasteiger partial charge in [0, 0.05) is 30.8 Å². The quantitative estimate of drug-likeness (QED) is 0.664. The lowest BCUT2D eigenvalue weighted by molar-refractivity contribution is 0.201. The van der Waals surface area contributed by atoms with Gasteiger partial charge in [-0.05, 0) is 31.2 Å². The molecule has 1 aromatic carbocycles. The lowest BCUT2D eigenvalue weighted by Gasteiger charge is -2.05. The molecular formula is C15H17N5O3S. The molecule has 9 heteroatoms. The number of nitrogens with one attached hydrogen (secondary N) is 1. The smallest absolute Gasteiger partial charge is 0.264 e.